The molecule has 3 aromatic rings. The second-order valence-electron chi connectivity index (χ2n) is 4.35. The van der Waals surface area contributed by atoms with Crippen molar-refractivity contribution in [1.29, 1.82) is 0 Å². The summed E-state index contributed by atoms with van der Waals surface area (Å²) >= 11 is 0. The van der Waals surface area contributed by atoms with Crippen LogP contribution in [0, 0.1) is 0 Å². The van der Waals surface area contributed by atoms with Crippen LogP contribution >= 0.6 is 0 Å². The van der Waals surface area contributed by atoms with Gasteiger partial charge in [0.15, 0.2) is 0 Å². The summed E-state index contributed by atoms with van der Waals surface area (Å²) in [7, 11) is 0. The van der Waals surface area contributed by atoms with Crippen molar-refractivity contribution in [1.82, 2.24) is 25.2 Å². The number of nitrogens with one attached hydrogen (secondary N) is 1. The molecule has 2 heterocycles. The summed E-state index contributed by atoms with van der Waals surface area (Å²) in [5, 5.41) is 15.0. The van der Waals surface area contributed by atoms with Crippen molar-refractivity contribution < 1.29 is 4.79 Å². The minimum Gasteiger partial charge on any atom is -0.326 e. The molecule has 2 aromatic heterocycles. The topological polar surface area (TPSA) is 85.6 Å². The van der Waals surface area contributed by atoms with Crippen LogP contribution in [0.5, 0.6) is 0 Å². The number of carbonyl (C=O) groups excluding carboxylic acids is 1. The van der Waals surface area contributed by atoms with Crippen LogP contribution in [0.1, 0.15) is 6.92 Å². The number of nitrogens with zero attached hydrogens (tertiary/aromatic N) is 5. The predicted octanol–water partition coefficient (Wildman–Crippen LogP) is 1.68. The van der Waals surface area contributed by atoms with Crippen LogP contribution in [0.4, 0.5) is 5.69 Å². The highest BCUT2D eigenvalue weighted by molar-refractivity contribution is 5.88. The highest BCUT2D eigenvalue weighted by atomic mass is 16.1. The van der Waals surface area contributed by atoms with E-state index in [-0.39, 0.29) is 5.91 Å². The predicted molar refractivity (Wildman–Crippen MR) is 76.7 cm³/mol. The van der Waals surface area contributed by atoms with Crippen molar-refractivity contribution in [2.24, 2.45) is 0 Å². The first-order valence-corrected chi connectivity index (χ1v) is 6.32. The Hall–Kier alpha value is -3.09. The first-order valence-electron chi connectivity index (χ1n) is 6.32. The summed E-state index contributed by atoms with van der Waals surface area (Å²) in [5.74, 6) is 0.313. The normalized spacial score (nSPS) is 10.3. The Morgan fingerprint density at radius 3 is 2.86 bits per heavy atom. The maximum Gasteiger partial charge on any atom is 0.223 e. The highest BCUT2D eigenvalue weighted by Gasteiger charge is 2.08. The number of pyridine rings is 1. The molecular weight excluding hydrogens is 268 g/mol. The van der Waals surface area contributed by atoms with Gasteiger partial charge in [-0.1, -0.05) is 12.1 Å². The summed E-state index contributed by atoms with van der Waals surface area (Å²) in [6, 6.07) is 12.7. The van der Waals surface area contributed by atoms with E-state index >= 15 is 0 Å². The van der Waals surface area contributed by atoms with Gasteiger partial charge in [-0.25, -0.2) is 0 Å². The van der Waals surface area contributed by atoms with Crippen LogP contribution < -0.4 is 5.32 Å². The zero-order valence-electron chi connectivity index (χ0n) is 11.3. The highest BCUT2D eigenvalue weighted by Crippen LogP contribution is 2.15. The fraction of sp³-hybridized carbons (Fsp3) is 0.0714. The van der Waals surface area contributed by atoms with E-state index in [9.17, 15) is 4.79 Å². The van der Waals surface area contributed by atoms with Crippen molar-refractivity contribution in [2.45, 2.75) is 6.92 Å². The molecule has 0 unspecified atom stereocenters. The number of carbonyl (C=O) groups is 1. The first-order chi connectivity index (χ1) is 10.2. The molecular formula is C14H12N6O. The fourth-order valence-electron chi connectivity index (χ4n) is 1.83. The van der Waals surface area contributed by atoms with Gasteiger partial charge in [0.2, 0.25) is 11.7 Å². The van der Waals surface area contributed by atoms with Gasteiger partial charge in [-0.05, 0) is 35.5 Å². The third kappa shape index (κ3) is 2.92. The number of hydrogen-bond acceptors (Lipinski definition) is 5. The Kier molecular flexibility index (Phi) is 3.38. The van der Waals surface area contributed by atoms with Crippen molar-refractivity contribution in [3.63, 3.8) is 0 Å². The molecule has 0 aliphatic carbocycles. The SMILES string of the molecule is CC(=O)Nc1cccc(-n2nnc(-c3ccccn3)n2)c1. The van der Waals surface area contributed by atoms with Crippen molar-refractivity contribution >= 4 is 11.6 Å². The molecule has 0 saturated heterocycles. The van der Waals surface area contributed by atoms with E-state index < -0.39 is 0 Å². The molecule has 0 fully saturated rings. The Labute approximate surface area is 120 Å². The minimum absolute atomic E-state index is 0.132. The van der Waals surface area contributed by atoms with Crippen molar-refractivity contribution in [2.75, 3.05) is 5.32 Å². The van der Waals surface area contributed by atoms with E-state index in [2.05, 4.69) is 25.7 Å². The van der Waals surface area contributed by atoms with Crippen LogP contribution in [0.2, 0.25) is 0 Å². The van der Waals surface area contributed by atoms with Gasteiger partial charge in [0.1, 0.15) is 5.69 Å². The molecule has 1 aromatic carbocycles. The molecule has 0 aliphatic heterocycles. The number of anilines is 1. The van der Waals surface area contributed by atoms with Gasteiger partial charge < -0.3 is 5.32 Å². The monoisotopic (exact) mass is 280 g/mol. The van der Waals surface area contributed by atoms with Gasteiger partial charge >= 0.3 is 0 Å². The van der Waals surface area contributed by atoms with Gasteiger partial charge in [-0.15, -0.1) is 15.0 Å². The molecule has 7 nitrogen and oxygen atoms in total. The Morgan fingerprint density at radius 2 is 2.10 bits per heavy atom. The first kappa shape index (κ1) is 12.9. The van der Waals surface area contributed by atoms with Crippen LogP contribution in [0.25, 0.3) is 17.2 Å². The number of hydrogen-bond donors (Lipinski definition) is 1. The molecule has 0 bridgehead atoms. The van der Waals surface area contributed by atoms with Crippen LogP contribution in [0.15, 0.2) is 48.7 Å². The van der Waals surface area contributed by atoms with Crippen molar-refractivity contribution in [3.8, 4) is 17.2 Å². The lowest BCUT2D eigenvalue weighted by Gasteiger charge is -2.03. The molecule has 7 heteroatoms. The van der Waals surface area contributed by atoms with Gasteiger partial charge in [-0.3, -0.25) is 9.78 Å². The van der Waals surface area contributed by atoms with Crippen molar-refractivity contribution in [3.05, 3.63) is 48.7 Å². The average molecular weight is 280 g/mol. The second-order valence-corrected chi connectivity index (χ2v) is 4.35. The number of aromatic nitrogens is 5. The lowest BCUT2D eigenvalue weighted by atomic mass is 10.3. The van der Waals surface area contributed by atoms with Crippen LogP contribution in [-0.4, -0.2) is 31.1 Å². The van der Waals surface area contributed by atoms with Crippen LogP contribution in [0.3, 0.4) is 0 Å². The number of tetrazole rings is 1. The second kappa shape index (κ2) is 5.49. The van der Waals surface area contributed by atoms with E-state index in [1.165, 1.54) is 11.7 Å². The average Bonchev–Trinajstić information content (AvgIpc) is 2.98. The van der Waals surface area contributed by atoms with Gasteiger partial charge in [0.05, 0.1) is 5.69 Å². The molecule has 0 atom stereocenters. The third-order valence-corrected chi connectivity index (χ3v) is 2.71. The molecule has 21 heavy (non-hydrogen) atoms. The Morgan fingerprint density at radius 1 is 1.19 bits per heavy atom. The standard InChI is InChI=1S/C14H12N6O/c1-10(21)16-11-5-4-6-12(9-11)20-18-14(17-19-20)13-7-2-3-8-15-13/h2-9H,1H3,(H,16,21). The number of rotatable bonds is 3. The van der Waals surface area contributed by atoms with E-state index in [0.29, 0.717) is 22.9 Å². The Bertz CT molecular complexity index is 768. The van der Waals surface area contributed by atoms with Gasteiger partial charge in [0.25, 0.3) is 0 Å². The lowest BCUT2D eigenvalue weighted by molar-refractivity contribution is -0.114. The zero-order chi connectivity index (χ0) is 14.7. The number of amides is 1. The zero-order valence-corrected chi connectivity index (χ0v) is 11.3. The summed E-state index contributed by atoms with van der Waals surface area (Å²) < 4.78 is 0. The molecule has 104 valence electrons. The molecule has 0 radical (unpaired) electrons. The van der Waals surface area contributed by atoms with E-state index in [0.717, 1.165) is 0 Å². The lowest BCUT2D eigenvalue weighted by Crippen LogP contribution is -2.07. The fourth-order valence-corrected chi connectivity index (χ4v) is 1.83. The summed E-state index contributed by atoms with van der Waals surface area (Å²) in [6.07, 6.45) is 1.67. The van der Waals surface area contributed by atoms with Gasteiger partial charge in [0, 0.05) is 18.8 Å². The maximum absolute atomic E-state index is 11.1. The molecule has 0 saturated carbocycles. The third-order valence-electron chi connectivity index (χ3n) is 2.71. The molecule has 1 N–H and O–H groups in total. The summed E-state index contributed by atoms with van der Waals surface area (Å²) in [5.41, 5.74) is 2.04. The largest absolute Gasteiger partial charge is 0.326 e. The van der Waals surface area contributed by atoms with Crippen LogP contribution in [-0.2, 0) is 4.79 Å². The number of benzene rings is 1. The van der Waals surface area contributed by atoms with E-state index in [4.69, 9.17) is 0 Å². The maximum atomic E-state index is 11.1. The smallest absolute Gasteiger partial charge is 0.223 e. The summed E-state index contributed by atoms with van der Waals surface area (Å²) in [4.78, 5) is 16.7. The van der Waals surface area contributed by atoms with E-state index in [1.807, 2.05) is 30.3 Å². The Balaban J connectivity index is 1.91. The molecule has 0 spiro atoms. The molecule has 0 aliphatic rings. The minimum atomic E-state index is -0.132. The quantitative estimate of drug-likeness (QED) is 0.789. The molecule has 3 rings (SSSR count). The summed E-state index contributed by atoms with van der Waals surface area (Å²) in [6.45, 7) is 1.46. The van der Waals surface area contributed by atoms with Gasteiger partial charge in [-0.2, -0.15) is 0 Å². The molecule has 1 amide bonds. The van der Waals surface area contributed by atoms with E-state index in [1.54, 1.807) is 18.3 Å².